The molecule has 0 bridgehead atoms. The topological polar surface area (TPSA) is 3.24 Å². The SMILES string of the molecule is c1ccc2cc(-c3cccc4c(N(c5ccc6ccccc6c5)c5ccc6c(ccc7ccccc76)c5)cccc34)ccc2c1. The smallest absolute Gasteiger partial charge is 0.0540 e. The van der Waals surface area contributed by atoms with Crippen LogP contribution in [0.15, 0.2) is 176 Å². The van der Waals surface area contributed by atoms with E-state index in [4.69, 9.17) is 0 Å². The summed E-state index contributed by atoms with van der Waals surface area (Å²) in [6, 6.07) is 64.2. The fourth-order valence-electron chi connectivity index (χ4n) is 6.98. The van der Waals surface area contributed by atoms with E-state index < -0.39 is 0 Å². The Bertz CT molecular complexity index is 2560. The van der Waals surface area contributed by atoms with Gasteiger partial charge in [0.25, 0.3) is 0 Å². The minimum absolute atomic E-state index is 1.14. The molecular weight excluding hydrogens is 542 g/mol. The first-order chi connectivity index (χ1) is 22.3. The molecule has 0 amide bonds. The fraction of sp³-hybridized carbons (Fsp3) is 0. The van der Waals surface area contributed by atoms with Crippen LogP contribution in [0.5, 0.6) is 0 Å². The van der Waals surface area contributed by atoms with Crippen molar-refractivity contribution >= 4 is 70.9 Å². The van der Waals surface area contributed by atoms with E-state index in [9.17, 15) is 0 Å². The zero-order chi connectivity index (χ0) is 29.7. The first-order valence-electron chi connectivity index (χ1n) is 15.5. The predicted molar refractivity (Wildman–Crippen MR) is 194 cm³/mol. The molecule has 0 aliphatic heterocycles. The highest BCUT2D eigenvalue weighted by molar-refractivity contribution is 6.10. The van der Waals surface area contributed by atoms with Crippen LogP contribution in [0.4, 0.5) is 17.1 Å². The third kappa shape index (κ3) is 4.32. The number of anilines is 3. The molecule has 210 valence electrons. The maximum atomic E-state index is 2.42. The highest BCUT2D eigenvalue weighted by Gasteiger charge is 2.18. The van der Waals surface area contributed by atoms with E-state index in [-0.39, 0.29) is 0 Å². The number of hydrogen-bond acceptors (Lipinski definition) is 1. The summed E-state index contributed by atoms with van der Waals surface area (Å²) in [6.45, 7) is 0. The summed E-state index contributed by atoms with van der Waals surface area (Å²) in [5.41, 5.74) is 5.90. The van der Waals surface area contributed by atoms with Gasteiger partial charge in [-0.15, -0.1) is 0 Å². The van der Waals surface area contributed by atoms with E-state index in [1.807, 2.05) is 0 Å². The van der Waals surface area contributed by atoms with Crippen LogP contribution in [0.25, 0.3) is 65.0 Å². The molecule has 0 spiro atoms. The number of nitrogens with zero attached hydrogens (tertiary/aromatic N) is 1. The molecule has 0 atom stereocenters. The van der Waals surface area contributed by atoms with Crippen molar-refractivity contribution in [3.05, 3.63) is 176 Å². The van der Waals surface area contributed by atoms with Gasteiger partial charge in [-0.25, -0.2) is 0 Å². The van der Waals surface area contributed by atoms with Crippen LogP contribution in [-0.4, -0.2) is 0 Å². The van der Waals surface area contributed by atoms with Crippen molar-refractivity contribution in [2.45, 2.75) is 0 Å². The Labute approximate surface area is 262 Å². The van der Waals surface area contributed by atoms with Crippen molar-refractivity contribution in [2.24, 2.45) is 0 Å². The lowest BCUT2D eigenvalue weighted by Crippen LogP contribution is -2.10. The summed E-state index contributed by atoms with van der Waals surface area (Å²) in [6.07, 6.45) is 0. The summed E-state index contributed by atoms with van der Waals surface area (Å²) in [5, 5.41) is 12.5. The van der Waals surface area contributed by atoms with Crippen molar-refractivity contribution in [1.82, 2.24) is 0 Å². The lowest BCUT2D eigenvalue weighted by Gasteiger charge is -2.28. The van der Waals surface area contributed by atoms with Gasteiger partial charge in [-0.1, -0.05) is 140 Å². The van der Waals surface area contributed by atoms with Crippen molar-refractivity contribution < 1.29 is 0 Å². The molecular formula is C44H29N. The van der Waals surface area contributed by atoms with Gasteiger partial charge in [0.15, 0.2) is 0 Å². The summed E-state index contributed by atoms with van der Waals surface area (Å²) < 4.78 is 0. The lowest BCUT2D eigenvalue weighted by atomic mass is 9.95. The van der Waals surface area contributed by atoms with Gasteiger partial charge in [0, 0.05) is 16.8 Å². The van der Waals surface area contributed by atoms with E-state index in [0.29, 0.717) is 0 Å². The first-order valence-corrected chi connectivity index (χ1v) is 15.5. The monoisotopic (exact) mass is 571 g/mol. The van der Waals surface area contributed by atoms with E-state index >= 15 is 0 Å². The molecule has 0 saturated carbocycles. The molecule has 9 rings (SSSR count). The van der Waals surface area contributed by atoms with Gasteiger partial charge in [-0.3, -0.25) is 0 Å². The Hall–Kier alpha value is -5.92. The van der Waals surface area contributed by atoms with Gasteiger partial charge in [-0.05, 0) is 96.0 Å². The molecule has 9 aromatic carbocycles. The third-order valence-corrected chi connectivity index (χ3v) is 9.18. The standard InChI is InChI=1S/C44H29N/c1-3-12-33-27-35(21-19-30(33)9-1)40-15-7-17-43-42(40)16-8-18-44(43)45(37-24-23-31-10-2-4-13-34(31)28-37)38-25-26-41-36(29-38)22-20-32-11-5-6-14-39(32)41/h1-29H. The number of fused-ring (bicyclic) bond motifs is 6. The van der Waals surface area contributed by atoms with Crippen LogP contribution in [0.1, 0.15) is 0 Å². The van der Waals surface area contributed by atoms with Crippen LogP contribution in [0, 0.1) is 0 Å². The lowest BCUT2D eigenvalue weighted by molar-refractivity contribution is 1.31. The second-order valence-corrected chi connectivity index (χ2v) is 11.8. The van der Waals surface area contributed by atoms with Crippen LogP contribution >= 0.6 is 0 Å². The van der Waals surface area contributed by atoms with Crippen LogP contribution < -0.4 is 4.90 Å². The molecule has 0 fully saturated rings. The molecule has 0 heterocycles. The summed E-state index contributed by atoms with van der Waals surface area (Å²) >= 11 is 0. The van der Waals surface area contributed by atoms with E-state index in [0.717, 1.165) is 17.1 Å². The van der Waals surface area contributed by atoms with Gasteiger partial charge in [-0.2, -0.15) is 0 Å². The quantitative estimate of drug-likeness (QED) is 0.190. The molecule has 0 aliphatic rings. The Morgan fingerprint density at radius 2 is 0.822 bits per heavy atom. The predicted octanol–water partition coefficient (Wildman–Crippen LogP) is 12.6. The largest absolute Gasteiger partial charge is 0.310 e. The summed E-state index contributed by atoms with van der Waals surface area (Å²) in [4.78, 5) is 2.42. The molecule has 0 aliphatic carbocycles. The minimum atomic E-state index is 1.14. The highest BCUT2D eigenvalue weighted by Crippen LogP contribution is 2.43. The van der Waals surface area contributed by atoms with Gasteiger partial charge in [0.05, 0.1) is 5.69 Å². The molecule has 0 N–H and O–H groups in total. The molecule has 1 nitrogen and oxygen atoms in total. The Morgan fingerprint density at radius 3 is 1.64 bits per heavy atom. The minimum Gasteiger partial charge on any atom is -0.310 e. The van der Waals surface area contributed by atoms with Crippen molar-refractivity contribution in [2.75, 3.05) is 4.90 Å². The zero-order valence-electron chi connectivity index (χ0n) is 24.7. The van der Waals surface area contributed by atoms with Gasteiger partial charge < -0.3 is 4.90 Å². The zero-order valence-corrected chi connectivity index (χ0v) is 24.7. The maximum absolute atomic E-state index is 2.42. The Kier molecular flexibility index (Phi) is 5.89. The fourth-order valence-corrected chi connectivity index (χ4v) is 6.98. The van der Waals surface area contributed by atoms with Gasteiger partial charge in [0.2, 0.25) is 0 Å². The van der Waals surface area contributed by atoms with Crippen molar-refractivity contribution in [3.63, 3.8) is 0 Å². The average molecular weight is 572 g/mol. The highest BCUT2D eigenvalue weighted by atomic mass is 15.1. The van der Waals surface area contributed by atoms with Crippen LogP contribution in [0.3, 0.4) is 0 Å². The Balaban J connectivity index is 1.28. The maximum Gasteiger partial charge on any atom is 0.0540 e. The molecule has 0 radical (unpaired) electrons. The van der Waals surface area contributed by atoms with Gasteiger partial charge in [0.1, 0.15) is 0 Å². The molecule has 0 saturated heterocycles. The molecule has 0 aromatic heterocycles. The number of benzene rings is 9. The third-order valence-electron chi connectivity index (χ3n) is 9.18. The van der Waals surface area contributed by atoms with Crippen LogP contribution in [0.2, 0.25) is 0 Å². The first kappa shape index (κ1) is 25.6. The van der Waals surface area contributed by atoms with E-state index in [2.05, 4.69) is 181 Å². The summed E-state index contributed by atoms with van der Waals surface area (Å²) in [5.74, 6) is 0. The van der Waals surface area contributed by atoms with E-state index in [1.165, 1.54) is 65.0 Å². The normalized spacial score (nSPS) is 11.6. The van der Waals surface area contributed by atoms with Crippen molar-refractivity contribution in [3.8, 4) is 11.1 Å². The molecule has 1 heteroatoms. The molecule has 45 heavy (non-hydrogen) atoms. The molecule has 0 unspecified atom stereocenters. The number of rotatable bonds is 4. The second kappa shape index (κ2) is 10.4. The van der Waals surface area contributed by atoms with Gasteiger partial charge >= 0.3 is 0 Å². The van der Waals surface area contributed by atoms with Crippen molar-refractivity contribution in [1.29, 1.82) is 0 Å². The van der Waals surface area contributed by atoms with E-state index in [1.54, 1.807) is 0 Å². The number of hydrogen-bond donors (Lipinski definition) is 0. The Morgan fingerprint density at radius 1 is 0.289 bits per heavy atom. The molecule has 9 aromatic rings. The van der Waals surface area contributed by atoms with Crippen LogP contribution in [-0.2, 0) is 0 Å². The second-order valence-electron chi connectivity index (χ2n) is 11.8. The summed E-state index contributed by atoms with van der Waals surface area (Å²) in [7, 11) is 0. The average Bonchev–Trinajstić information content (AvgIpc) is 3.11.